The summed E-state index contributed by atoms with van der Waals surface area (Å²) in [6, 6.07) is 19.8. The van der Waals surface area contributed by atoms with Crippen LogP contribution in [0.1, 0.15) is 16.7 Å². The Labute approximate surface area is 142 Å². The van der Waals surface area contributed by atoms with Gasteiger partial charge in [0.25, 0.3) is 0 Å². The molecule has 3 rings (SSSR count). The van der Waals surface area contributed by atoms with E-state index in [0.717, 1.165) is 27.8 Å². The van der Waals surface area contributed by atoms with Crippen LogP contribution >= 0.6 is 0 Å². The van der Waals surface area contributed by atoms with Crippen LogP contribution in [0, 0.1) is 12.3 Å². The summed E-state index contributed by atoms with van der Waals surface area (Å²) in [5, 5.41) is 8.26. The first-order chi connectivity index (χ1) is 11.6. The average molecular weight is 313 g/mol. The van der Waals surface area contributed by atoms with Gasteiger partial charge in [-0.15, -0.1) is 0 Å². The molecule has 3 heteroatoms. The minimum Gasteiger partial charge on any atom is -0.398 e. The quantitative estimate of drug-likeness (QED) is 0.700. The Bertz CT molecular complexity index is 896. The highest BCUT2D eigenvalue weighted by Crippen LogP contribution is 2.21. The molecule has 0 bridgehead atoms. The van der Waals surface area contributed by atoms with Crippen molar-refractivity contribution in [2.75, 3.05) is 0 Å². The highest BCUT2D eigenvalue weighted by molar-refractivity contribution is 6.10. The van der Waals surface area contributed by atoms with E-state index in [1.54, 1.807) is 12.3 Å². The molecular weight excluding hydrogens is 294 g/mol. The first-order valence-corrected chi connectivity index (χ1v) is 7.77. The normalized spacial score (nSPS) is 11.3. The second-order valence-electron chi connectivity index (χ2n) is 5.71. The number of rotatable bonds is 4. The number of pyridine rings is 1. The van der Waals surface area contributed by atoms with Gasteiger partial charge in [0, 0.05) is 23.7 Å². The summed E-state index contributed by atoms with van der Waals surface area (Å²) in [5.74, 6) is 0. The Morgan fingerprint density at radius 2 is 1.71 bits per heavy atom. The van der Waals surface area contributed by atoms with Gasteiger partial charge in [0.05, 0.1) is 5.71 Å². The second-order valence-corrected chi connectivity index (χ2v) is 5.71. The number of hydrogen-bond acceptors (Lipinski definition) is 3. The zero-order valence-electron chi connectivity index (χ0n) is 13.5. The molecule has 118 valence electrons. The number of allylic oxidation sites excluding steroid dienone is 1. The molecule has 1 aromatic heterocycles. The van der Waals surface area contributed by atoms with E-state index in [2.05, 4.69) is 4.98 Å². The molecule has 0 amide bonds. The van der Waals surface area contributed by atoms with Crippen molar-refractivity contribution in [3.8, 4) is 11.1 Å². The van der Waals surface area contributed by atoms with Crippen LogP contribution in [-0.2, 0) is 0 Å². The van der Waals surface area contributed by atoms with E-state index in [-0.39, 0.29) is 0 Å². The van der Waals surface area contributed by atoms with Crippen LogP contribution in [0.25, 0.3) is 16.8 Å². The number of nitrogens with two attached hydrogens (primary N) is 1. The van der Waals surface area contributed by atoms with Gasteiger partial charge in [0.15, 0.2) is 0 Å². The predicted octanol–water partition coefficient (Wildman–Crippen LogP) is 4.42. The highest BCUT2D eigenvalue weighted by atomic mass is 14.6. The Morgan fingerprint density at radius 3 is 2.46 bits per heavy atom. The van der Waals surface area contributed by atoms with Gasteiger partial charge in [-0.05, 0) is 47.9 Å². The molecule has 1 heterocycles. The predicted molar refractivity (Wildman–Crippen MR) is 99.8 cm³/mol. The van der Waals surface area contributed by atoms with Crippen molar-refractivity contribution in [2.45, 2.75) is 6.92 Å². The van der Waals surface area contributed by atoms with E-state index in [4.69, 9.17) is 11.1 Å². The molecule has 0 atom stereocenters. The molecule has 0 saturated carbocycles. The van der Waals surface area contributed by atoms with Crippen molar-refractivity contribution in [3.63, 3.8) is 0 Å². The second kappa shape index (κ2) is 6.92. The fraction of sp³-hybridized carbons (Fsp3) is 0.0476. The van der Waals surface area contributed by atoms with Crippen LogP contribution < -0.4 is 5.73 Å². The number of benzene rings is 2. The van der Waals surface area contributed by atoms with E-state index < -0.39 is 0 Å². The van der Waals surface area contributed by atoms with Gasteiger partial charge < -0.3 is 11.1 Å². The van der Waals surface area contributed by atoms with E-state index in [0.29, 0.717) is 11.4 Å². The van der Waals surface area contributed by atoms with Gasteiger partial charge in [-0.25, -0.2) is 0 Å². The van der Waals surface area contributed by atoms with E-state index >= 15 is 0 Å². The summed E-state index contributed by atoms with van der Waals surface area (Å²) in [6.07, 6.45) is 5.29. The standard InChI is InChI=1S/C21H19N3/c1-15-5-2-7-17(11-15)20(22)13-21(23)18-8-3-6-16(12-18)19-9-4-10-24-14-19/h2-14,22H,23H2,1H3/b21-13-,22-20?. The number of nitrogens with zero attached hydrogens (tertiary/aromatic N) is 1. The summed E-state index contributed by atoms with van der Waals surface area (Å²) in [7, 11) is 0. The Kier molecular flexibility index (Phi) is 4.52. The number of nitrogens with one attached hydrogen (secondary N) is 1. The summed E-state index contributed by atoms with van der Waals surface area (Å²) in [4.78, 5) is 4.15. The molecule has 3 N–H and O–H groups in total. The Morgan fingerprint density at radius 1 is 0.958 bits per heavy atom. The summed E-state index contributed by atoms with van der Waals surface area (Å²) in [5.41, 5.74) is 12.2. The van der Waals surface area contributed by atoms with E-state index in [9.17, 15) is 0 Å². The first-order valence-electron chi connectivity index (χ1n) is 7.77. The largest absolute Gasteiger partial charge is 0.398 e. The van der Waals surface area contributed by atoms with Crippen LogP contribution in [0.2, 0.25) is 0 Å². The first kappa shape index (κ1) is 15.7. The van der Waals surface area contributed by atoms with E-state index in [1.165, 1.54) is 0 Å². The molecule has 3 nitrogen and oxygen atoms in total. The third kappa shape index (κ3) is 3.58. The van der Waals surface area contributed by atoms with Crippen LogP contribution in [0.3, 0.4) is 0 Å². The lowest BCUT2D eigenvalue weighted by Crippen LogP contribution is -2.03. The lowest BCUT2D eigenvalue weighted by molar-refractivity contribution is 1.33. The average Bonchev–Trinajstić information content (AvgIpc) is 2.62. The zero-order chi connectivity index (χ0) is 16.9. The SMILES string of the molecule is Cc1cccc(C(=N)/C=C(\N)c2cccc(-c3cccnc3)c2)c1. The topological polar surface area (TPSA) is 62.8 Å². The van der Waals surface area contributed by atoms with Gasteiger partial charge in [-0.2, -0.15) is 0 Å². The third-order valence-electron chi connectivity index (χ3n) is 3.82. The van der Waals surface area contributed by atoms with Gasteiger partial charge in [-0.3, -0.25) is 4.98 Å². The molecule has 0 saturated heterocycles. The van der Waals surface area contributed by atoms with Crippen molar-refractivity contribution in [3.05, 3.63) is 95.8 Å². The lowest BCUT2D eigenvalue weighted by Gasteiger charge is -2.07. The molecule has 0 aliphatic carbocycles. The highest BCUT2D eigenvalue weighted by Gasteiger charge is 2.04. The van der Waals surface area contributed by atoms with Gasteiger partial charge >= 0.3 is 0 Å². The van der Waals surface area contributed by atoms with Gasteiger partial charge in [-0.1, -0.05) is 48.0 Å². The molecule has 0 aliphatic rings. The Hall–Kier alpha value is -3.20. The molecular formula is C21H19N3. The minimum absolute atomic E-state index is 0.406. The van der Waals surface area contributed by atoms with Crippen molar-refractivity contribution in [1.29, 1.82) is 5.41 Å². The van der Waals surface area contributed by atoms with E-state index in [1.807, 2.05) is 73.8 Å². The number of aromatic nitrogens is 1. The fourth-order valence-corrected chi connectivity index (χ4v) is 2.55. The van der Waals surface area contributed by atoms with Crippen molar-refractivity contribution < 1.29 is 0 Å². The third-order valence-corrected chi connectivity index (χ3v) is 3.82. The molecule has 2 aromatic carbocycles. The van der Waals surface area contributed by atoms with Crippen molar-refractivity contribution >= 4 is 11.4 Å². The van der Waals surface area contributed by atoms with Gasteiger partial charge in [0.2, 0.25) is 0 Å². The fourth-order valence-electron chi connectivity index (χ4n) is 2.55. The van der Waals surface area contributed by atoms with Crippen LogP contribution in [0.4, 0.5) is 0 Å². The van der Waals surface area contributed by atoms with Crippen LogP contribution in [0.5, 0.6) is 0 Å². The maximum absolute atomic E-state index is 8.26. The number of hydrogen-bond donors (Lipinski definition) is 2. The maximum atomic E-state index is 8.26. The summed E-state index contributed by atoms with van der Waals surface area (Å²) < 4.78 is 0. The molecule has 0 fully saturated rings. The van der Waals surface area contributed by atoms with Crippen molar-refractivity contribution in [1.82, 2.24) is 4.98 Å². The molecule has 0 spiro atoms. The smallest absolute Gasteiger partial charge is 0.0633 e. The molecule has 0 unspecified atom stereocenters. The lowest BCUT2D eigenvalue weighted by atomic mass is 10.0. The maximum Gasteiger partial charge on any atom is 0.0633 e. The molecule has 3 aromatic rings. The molecule has 0 aliphatic heterocycles. The van der Waals surface area contributed by atoms with Gasteiger partial charge in [0.1, 0.15) is 0 Å². The van der Waals surface area contributed by atoms with Crippen LogP contribution in [0.15, 0.2) is 79.1 Å². The molecule has 0 radical (unpaired) electrons. The van der Waals surface area contributed by atoms with Crippen molar-refractivity contribution in [2.24, 2.45) is 5.73 Å². The molecule has 24 heavy (non-hydrogen) atoms. The minimum atomic E-state index is 0.406. The summed E-state index contributed by atoms with van der Waals surface area (Å²) in [6.45, 7) is 2.02. The summed E-state index contributed by atoms with van der Waals surface area (Å²) >= 11 is 0. The zero-order valence-corrected chi connectivity index (χ0v) is 13.5. The van der Waals surface area contributed by atoms with Crippen LogP contribution in [-0.4, -0.2) is 10.7 Å². The Balaban J connectivity index is 1.90. The monoisotopic (exact) mass is 313 g/mol. The number of aryl methyl sites for hydroxylation is 1.